The Hall–Kier alpha value is -1.61. The molecule has 2 N–H and O–H groups in total. The first-order chi connectivity index (χ1) is 9.05. The number of aromatic nitrogens is 2. The zero-order valence-electron chi connectivity index (χ0n) is 11.7. The van der Waals surface area contributed by atoms with E-state index < -0.39 is 0 Å². The standard InChI is InChI=1S/C16H20N2O/c1-10-4-5-11(2)13(8-10)14-12(3)17-15(18-14)16(9-19)6-7-16/h4-5,8,19H,6-7,9H2,1-3H3,(H,17,18). The van der Waals surface area contributed by atoms with E-state index in [1.165, 1.54) is 16.7 Å². The Labute approximate surface area is 113 Å². The lowest BCUT2D eigenvalue weighted by Gasteiger charge is -2.07. The molecule has 0 unspecified atom stereocenters. The van der Waals surface area contributed by atoms with Crippen molar-refractivity contribution in [2.45, 2.75) is 39.0 Å². The molecule has 1 aromatic carbocycles. The van der Waals surface area contributed by atoms with Crippen LogP contribution in [0.2, 0.25) is 0 Å². The fourth-order valence-electron chi connectivity index (χ4n) is 2.59. The third-order valence-electron chi connectivity index (χ3n) is 4.19. The maximum absolute atomic E-state index is 9.52. The number of aliphatic hydroxyl groups is 1. The molecule has 0 aliphatic heterocycles. The Morgan fingerprint density at radius 3 is 2.63 bits per heavy atom. The van der Waals surface area contributed by atoms with Crippen molar-refractivity contribution in [3.05, 3.63) is 40.8 Å². The summed E-state index contributed by atoms with van der Waals surface area (Å²) in [5.74, 6) is 0.948. The average Bonchev–Trinajstić information content (AvgIpc) is 3.10. The SMILES string of the molecule is Cc1ccc(C)c(-c2nc(C3(CO)CC3)[nH]c2C)c1. The number of imidazole rings is 1. The molecule has 1 aliphatic carbocycles. The Morgan fingerprint density at radius 1 is 1.26 bits per heavy atom. The van der Waals surface area contributed by atoms with Gasteiger partial charge in [0.05, 0.1) is 17.7 Å². The van der Waals surface area contributed by atoms with Crippen molar-refractivity contribution >= 4 is 0 Å². The van der Waals surface area contributed by atoms with Gasteiger partial charge < -0.3 is 10.1 Å². The summed E-state index contributed by atoms with van der Waals surface area (Å²) in [6.45, 7) is 6.46. The molecular formula is C16H20N2O. The lowest BCUT2D eigenvalue weighted by atomic mass is 10.0. The fraction of sp³-hybridized carbons (Fsp3) is 0.438. The van der Waals surface area contributed by atoms with Gasteiger partial charge in [-0.1, -0.05) is 17.7 Å². The summed E-state index contributed by atoms with van der Waals surface area (Å²) >= 11 is 0. The number of nitrogens with one attached hydrogen (secondary N) is 1. The molecule has 3 heteroatoms. The number of hydrogen-bond donors (Lipinski definition) is 2. The molecule has 19 heavy (non-hydrogen) atoms. The summed E-state index contributed by atoms with van der Waals surface area (Å²) in [6.07, 6.45) is 2.06. The van der Waals surface area contributed by atoms with Crippen molar-refractivity contribution in [2.24, 2.45) is 0 Å². The van der Waals surface area contributed by atoms with E-state index in [-0.39, 0.29) is 12.0 Å². The molecule has 0 atom stereocenters. The van der Waals surface area contributed by atoms with E-state index >= 15 is 0 Å². The van der Waals surface area contributed by atoms with Crippen molar-refractivity contribution in [1.82, 2.24) is 9.97 Å². The van der Waals surface area contributed by atoms with Crippen LogP contribution in [0, 0.1) is 20.8 Å². The highest BCUT2D eigenvalue weighted by molar-refractivity contribution is 5.67. The van der Waals surface area contributed by atoms with Crippen LogP contribution < -0.4 is 0 Å². The summed E-state index contributed by atoms with van der Waals surface area (Å²) in [5, 5.41) is 9.52. The molecule has 3 rings (SSSR count). The molecule has 0 spiro atoms. The molecule has 100 valence electrons. The summed E-state index contributed by atoms with van der Waals surface area (Å²) in [5.41, 5.74) is 5.68. The molecule has 1 saturated carbocycles. The van der Waals surface area contributed by atoms with Crippen LogP contribution >= 0.6 is 0 Å². The van der Waals surface area contributed by atoms with Gasteiger partial charge in [-0.3, -0.25) is 0 Å². The Balaban J connectivity index is 2.08. The number of rotatable bonds is 3. The fourth-order valence-corrected chi connectivity index (χ4v) is 2.59. The highest BCUT2D eigenvalue weighted by Crippen LogP contribution is 2.47. The molecule has 1 fully saturated rings. The number of aliphatic hydroxyl groups excluding tert-OH is 1. The van der Waals surface area contributed by atoms with E-state index in [1.54, 1.807) is 0 Å². The second kappa shape index (κ2) is 4.20. The molecular weight excluding hydrogens is 236 g/mol. The number of aromatic amines is 1. The maximum Gasteiger partial charge on any atom is 0.115 e. The predicted octanol–water partition coefficient (Wildman–Crippen LogP) is 3.03. The van der Waals surface area contributed by atoms with Crippen LogP contribution in [0.25, 0.3) is 11.3 Å². The molecule has 0 bridgehead atoms. The Kier molecular flexibility index (Phi) is 2.75. The van der Waals surface area contributed by atoms with Crippen molar-refractivity contribution < 1.29 is 5.11 Å². The largest absolute Gasteiger partial charge is 0.395 e. The van der Waals surface area contributed by atoms with Gasteiger partial charge in [-0.05, 0) is 45.2 Å². The summed E-state index contributed by atoms with van der Waals surface area (Å²) < 4.78 is 0. The smallest absolute Gasteiger partial charge is 0.115 e. The van der Waals surface area contributed by atoms with Crippen molar-refractivity contribution in [1.29, 1.82) is 0 Å². The maximum atomic E-state index is 9.52. The second-order valence-electron chi connectivity index (χ2n) is 5.82. The number of nitrogens with zero attached hydrogens (tertiary/aromatic N) is 1. The second-order valence-corrected chi connectivity index (χ2v) is 5.82. The molecule has 0 amide bonds. The van der Waals surface area contributed by atoms with Crippen LogP contribution in [0.4, 0.5) is 0 Å². The molecule has 3 nitrogen and oxygen atoms in total. The van der Waals surface area contributed by atoms with E-state index in [0.717, 1.165) is 30.1 Å². The van der Waals surface area contributed by atoms with Gasteiger partial charge in [-0.25, -0.2) is 4.98 Å². The number of H-pyrrole nitrogens is 1. The minimum absolute atomic E-state index is 0.0965. The Morgan fingerprint density at radius 2 is 2.00 bits per heavy atom. The van der Waals surface area contributed by atoms with Crippen LogP contribution in [0.3, 0.4) is 0 Å². The van der Waals surface area contributed by atoms with Crippen LogP contribution in [0.1, 0.15) is 35.5 Å². The van der Waals surface area contributed by atoms with Gasteiger partial charge in [0.1, 0.15) is 5.82 Å². The van der Waals surface area contributed by atoms with Crippen LogP contribution in [0.5, 0.6) is 0 Å². The van der Waals surface area contributed by atoms with Crippen LogP contribution in [-0.4, -0.2) is 21.7 Å². The summed E-state index contributed by atoms with van der Waals surface area (Å²) in [6, 6.07) is 6.44. The minimum atomic E-state index is -0.0965. The summed E-state index contributed by atoms with van der Waals surface area (Å²) in [4.78, 5) is 8.14. The van der Waals surface area contributed by atoms with E-state index in [0.29, 0.717) is 0 Å². The normalized spacial score (nSPS) is 16.6. The first kappa shape index (κ1) is 12.4. The molecule has 1 heterocycles. The lowest BCUT2D eigenvalue weighted by Crippen LogP contribution is -2.13. The van der Waals surface area contributed by atoms with Crippen molar-refractivity contribution in [3.63, 3.8) is 0 Å². The van der Waals surface area contributed by atoms with Gasteiger partial charge in [-0.15, -0.1) is 0 Å². The van der Waals surface area contributed by atoms with Crippen LogP contribution in [0.15, 0.2) is 18.2 Å². The first-order valence-electron chi connectivity index (χ1n) is 6.81. The minimum Gasteiger partial charge on any atom is -0.395 e. The lowest BCUT2D eigenvalue weighted by molar-refractivity contribution is 0.250. The molecule has 1 aromatic heterocycles. The molecule has 2 aromatic rings. The number of aryl methyl sites for hydroxylation is 3. The molecule has 0 radical (unpaired) electrons. The Bertz CT molecular complexity index is 624. The van der Waals surface area contributed by atoms with E-state index in [9.17, 15) is 5.11 Å². The zero-order valence-corrected chi connectivity index (χ0v) is 11.7. The van der Waals surface area contributed by atoms with Crippen molar-refractivity contribution in [3.8, 4) is 11.3 Å². The topological polar surface area (TPSA) is 48.9 Å². The van der Waals surface area contributed by atoms with Crippen LogP contribution in [-0.2, 0) is 5.41 Å². The third-order valence-corrected chi connectivity index (χ3v) is 4.19. The van der Waals surface area contributed by atoms with Gasteiger partial charge in [0.25, 0.3) is 0 Å². The van der Waals surface area contributed by atoms with Gasteiger partial charge in [0.15, 0.2) is 0 Å². The monoisotopic (exact) mass is 256 g/mol. The van der Waals surface area contributed by atoms with Crippen molar-refractivity contribution in [2.75, 3.05) is 6.61 Å². The molecule has 1 aliphatic rings. The van der Waals surface area contributed by atoms with Gasteiger partial charge in [-0.2, -0.15) is 0 Å². The number of hydrogen-bond acceptors (Lipinski definition) is 2. The highest BCUT2D eigenvalue weighted by Gasteiger charge is 2.46. The van der Waals surface area contributed by atoms with Gasteiger partial charge in [0.2, 0.25) is 0 Å². The van der Waals surface area contributed by atoms with Gasteiger partial charge >= 0.3 is 0 Å². The zero-order chi connectivity index (χ0) is 13.6. The van der Waals surface area contributed by atoms with E-state index in [1.807, 2.05) is 0 Å². The quantitative estimate of drug-likeness (QED) is 0.886. The number of benzene rings is 1. The first-order valence-corrected chi connectivity index (χ1v) is 6.81. The summed E-state index contributed by atoms with van der Waals surface area (Å²) in [7, 11) is 0. The van der Waals surface area contributed by atoms with E-state index in [4.69, 9.17) is 4.98 Å². The average molecular weight is 256 g/mol. The highest BCUT2D eigenvalue weighted by atomic mass is 16.3. The molecule has 0 saturated heterocycles. The predicted molar refractivity (Wildman–Crippen MR) is 76.2 cm³/mol. The van der Waals surface area contributed by atoms with Gasteiger partial charge in [0, 0.05) is 11.3 Å². The van der Waals surface area contributed by atoms with E-state index in [2.05, 4.69) is 44.0 Å². The third kappa shape index (κ3) is 1.98.